The van der Waals surface area contributed by atoms with Gasteiger partial charge in [0.05, 0.1) is 11.6 Å². The summed E-state index contributed by atoms with van der Waals surface area (Å²) in [6.07, 6.45) is 7.65. The van der Waals surface area contributed by atoms with Gasteiger partial charge in [-0.25, -0.2) is 0 Å². The first-order valence-electron chi connectivity index (χ1n) is 16.4. The molecule has 4 nitrogen and oxygen atoms in total. The first kappa shape index (κ1) is 30.9. The number of anilines is 2. The van der Waals surface area contributed by atoms with Crippen LogP contribution in [-0.4, -0.2) is 21.4 Å². The number of nitrogens with zero attached hydrogens (tertiary/aromatic N) is 1. The van der Waals surface area contributed by atoms with Crippen molar-refractivity contribution in [3.05, 3.63) is 155 Å². The zero-order valence-corrected chi connectivity index (χ0v) is 27.7. The SMILES string of the molecule is Cc1ccccc1-c1cc(C2=CCC(N(c3ccc(-c4c(O)c(C)c(C)c(O)c4O)cc3)c3ccc4ccccc4c3)C=C2)ccc1C. The summed E-state index contributed by atoms with van der Waals surface area (Å²) in [6, 6.07) is 38.1. The van der Waals surface area contributed by atoms with Crippen LogP contribution >= 0.6 is 0 Å². The van der Waals surface area contributed by atoms with E-state index < -0.39 is 0 Å². The number of benzene rings is 6. The molecule has 0 bridgehead atoms. The first-order valence-corrected chi connectivity index (χ1v) is 16.4. The smallest absolute Gasteiger partial charge is 0.169 e. The molecular weight excluding hydrogens is 590 g/mol. The summed E-state index contributed by atoms with van der Waals surface area (Å²) in [4.78, 5) is 2.34. The van der Waals surface area contributed by atoms with Crippen LogP contribution in [0.3, 0.4) is 0 Å². The van der Waals surface area contributed by atoms with Gasteiger partial charge in [-0.05, 0) is 120 Å². The van der Waals surface area contributed by atoms with E-state index in [2.05, 4.69) is 122 Å². The lowest BCUT2D eigenvalue weighted by atomic mass is 9.90. The van der Waals surface area contributed by atoms with Gasteiger partial charge in [-0.2, -0.15) is 0 Å². The molecule has 6 aromatic rings. The molecule has 6 aromatic carbocycles. The molecule has 0 heterocycles. The molecule has 0 aromatic heterocycles. The Labute approximate surface area is 282 Å². The maximum atomic E-state index is 10.9. The molecule has 1 aliphatic carbocycles. The highest BCUT2D eigenvalue weighted by atomic mass is 16.3. The van der Waals surface area contributed by atoms with Crippen LogP contribution in [0.25, 0.3) is 38.6 Å². The Morgan fingerprint density at radius 2 is 1.21 bits per heavy atom. The van der Waals surface area contributed by atoms with Crippen molar-refractivity contribution in [3.63, 3.8) is 0 Å². The molecule has 0 fully saturated rings. The van der Waals surface area contributed by atoms with Crippen molar-refractivity contribution in [1.82, 2.24) is 0 Å². The minimum absolute atomic E-state index is 0.0310. The molecule has 1 unspecified atom stereocenters. The molecule has 238 valence electrons. The van der Waals surface area contributed by atoms with E-state index in [4.69, 9.17) is 0 Å². The third kappa shape index (κ3) is 5.50. The highest BCUT2D eigenvalue weighted by Gasteiger charge is 2.24. The van der Waals surface area contributed by atoms with E-state index in [0.29, 0.717) is 16.7 Å². The van der Waals surface area contributed by atoms with Crippen LogP contribution in [0, 0.1) is 27.7 Å². The fourth-order valence-electron chi connectivity index (χ4n) is 6.85. The quantitative estimate of drug-likeness (QED) is 0.127. The van der Waals surface area contributed by atoms with Crippen LogP contribution in [0.15, 0.2) is 127 Å². The van der Waals surface area contributed by atoms with E-state index in [1.54, 1.807) is 13.8 Å². The monoisotopic (exact) mass is 629 g/mol. The second kappa shape index (κ2) is 12.5. The van der Waals surface area contributed by atoms with E-state index in [0.717, 1.165) is 23.2 Å². The lowest BCUT2D eigenvalue weighted by Crippen LogP contribution is -2.30. The summed E-state index contributed by atoms with van der Waals surface area (Å²) in [6.45, 7) is 7.75. The number of fused-ring (bicyclic) bond motifs is 1. The Kier molecular flexibility index (Phi) is 8.02. The van der Waals surface area contributed by atoms with E-state index in [9.17, 15) is 15.3 Å². The van der Waals surface area contributed by atoms with Crippen LogP contribution in [-0.2, 0) is 0 Å². The Hall–Kier alpha value is -5.74. The lowest BCUT2D eigenvalue weighted by molar-refractivity contribution is 0.394. The molecule has 1 aliphatic rings. The van der Waals surface area contributed by atoms with Gasteiger partial charge in [0.15, 0.2) is 11.5 Å². The topological polar surface area (TPSA) is 63.9 Å². The molecule has 1 atom stereocenters. The maximum Gasteiger partial charge on any atom is 0.169 e. The molecule has 0 saturated heterocycles. The molecular formula is C44H39NO3. The number of hydrogen-bond acceptors (Lipinski definition) is 4. The molecule has 7 rings (SSSR count). The van der Waals surface area contributed by atoms with Crippen molar-refractivity contribution in [2.45, 2.75) is 40.2 Å². The van der Waals surface area contributed by atoms with Crippen molar-refractivity contribution in [2.75, 3.05) is 4.90 Å². The van der Waals surface area contributed by atoms with Crippen LogP contribution in [0.5, 0.6) is 17.2 Å². The van der Waals surface area contributed by atoms with E-state index in [-0.39, 0.29) is 28.9 Å². The minimum Gasteiger partial charge on any atom is -0.507 e. The maximum absolute atomic E-state index is 10.9. The Balaban J connectivity index is 1.25. The molecule has 0 saturated carbocycles. The molecule has 3 N–H and O–H groups in total. The predicted molar refractivity (Wildman–Crippen MR) is 199 cm³/mol. The molecule has 0 radical (unpaired) electrons. The number of phenols is 3. The average molecular weight is 630 g/mol. The van der Waals surface area contributed by atoms with Crippen LogP contribution in [0.4, 0.5) is 11.4 Å². The minimum atomic E-state index is -0.315. The van der Waals surface area contributed by atoms with Crippen molar-refractivity contribution in [2.24, 2.45) is 0 Å². The fraction of sp³-hybridized carbons (Fsp3) is 0.136. The van der Waals surface area contributed by atoms with Crippen molar-refractivity contribution >= 4 is 27.7 Å². The summed E-state index contributed by atoms with van der Waals surface area (Å²) in [5.74, 6) is -0.558. The molecule has 0 spiro atoms. The normalized spacial score (nSPS) is 14.2. The number of phenolic OH excluding ortho intramolecular Hbond substituents is 3. The summed E-state index contributed by atoms with van der Waals surface area (Å²) in [7, 11) is 0. The van der Waals surface area contributed by atoms with Gasteiger partial charge in [-0.15, -0.1) is 0 Å². The van der Waals surface area contributed by atoms with Crippen molar-refractivity contribution in [3.8, 4) is 39.5 Å². The highest BCUT2D eigenvalue weighted by molar-refractivity contribution is 5.88. The average Bonchev–Trinajstić information content (AvgIpc) is 3.11. The summed E-state index contributed by atoms with van der Waals surface area (Å²) < 4.78 is 0. The van der Waals surface area contributed by atoms with Gasteiger partial charge in [0.2, 0.25) is 0 Å². The van der Waals surface area contributed by atoms with Gasteiger partial charge in [0.25, 0.3) is 0 Å². The Morgan fingerprint density at radius 1 is 0.562 bits per heavy atom. The van der Waals surface area contributed by atoms with E-state index in [1.807, 2.05) is 24.3 Å². The van der Waals surface area contributed by atoms with E-state index in [1.165, 1.54) is 38.8 Å². The number of aryl methyl sites for hydroxylation is 2. The largest absolute Gasteiger partial charge is 0.507 e. The third-order valence-electron chi connectivity index (χ3n) is 9.83. The van der Waals surface area contributed by atoms with Crippen molar-refractivity contribution in [1.29, 1.82) is 0 Å². The number of aromatic hydroxyl groups is 3. The van der Waals surface area contributed by atoms with Crippen LogP contribution in [0.1, 0.15) is 34.2 Å². The van der Waals surface area contributed by atoms with Gasteiger partial charge in [0, 0.05) is 16.9 Å². The van der Waals surface area contributed by atoms with Gasteiger partial charge < -0.3 is 20.2 Å². The zero-order chi connectivity index (χ0) is 33.5. The number of allylic oxidation sites excluding steroid dienone is 2. The van der Waals surface area contributed by atoms with Crippen LogP contribution in [0.2, 0.25) is 0 Å². The summed E-state index contributed by atoms with van der Waals surface area (Å²) >= 11 is 0. The molecule has 0 amide bonds. The lowest BCUT2D eigenvalue weighted by Gasteiger charge is -2.33. The van der Waals surface area contributed by atoms with Gasteiger partial charge in [0.1, 0.15) is 5.75 Å². The molecule has 4 heteroatoms. The Bertz CT molecular complexity index is 2210. The van der Waals surface area contributed by atoms with Crippen LogP contribution < -0.4 is 4.90 Å². The third-order valence-corrected chi connectivity index (χ3v) is 9.83. The number of hydrogen-bond donors (Lipinski definition) is 3. The molecule has 0 aliphatic heterocycles. The molecule has 48 heavy (non-hydrogen) atoms. The number of rotatable bonds is 6. The van der Waals surface area contributed by atoms with Gasteiger partial charge >= 0.3 is 0 Å². The zero-order valence-electron chi connectivity index (χ0n) is 27.7. The fourth-order valence-corrected chi connectivity index (χ4v) is 6.85. The Morgan fingerprint density at radius 3 is 1.94 bits per heavy atom. The summed E-state index contributed by atoms with van der Waals surface area (Å²) in [5.41, 5.74) is 11.3. The van der Waals surface area contributed by atoms with Crippen molar-refractivity contribution < 1.29 is 15.3 Å². The summed E-state index contributed by atoms with van der Waals surface area (Å²) in [5, 5.41) is 34.6. The highest BCUT2D eigenvalue weighted by Crippen LogP contribution is 2.48. The first-order chi connectivity index (χ1) is 23.2. The standard InChI is InChI=1S/C44H39NO3/c1-27-9-5-8-12-39(27)40-26-35(14-13-28(40)2)32-15-20-36(21-16-32)45(38-24-17-31-10-6-7-11-34(31)25-38)37-22-18-33(19-23-37)41-42(46)29(3)30(4)43(47)44(41)48/h5-20,22-26,36,46-48H,21H2,1-4H3. The van der Waals surface area contributed by atoms with Gasteiger partial charge in [-0.3, -0.25) is 0 Å². The second-order valence-electron chi connectivity index (χ2n) is 12.8. The predicted octanol–water partition coefficient (Wildman–Crippen LogP) is 11.1. The second-order valence-corrected chi connectivity index (χ2v) is 12.8. The van der Waals surface area contributed by atoms with Gasteiger partial charge in [-0.1, -0.05) is 97.1 Å². The van der Waals surface area contributed by atoms with E-state index >= 15 is 0 Å².